The Labute approximate surface area is 114 Å². The first-order valence-corrected chi connectivity index (χ1v) is 6.70. The van der Waals surface area contributed by atoms with Crippen molar-refractivity contribution >= 4 is 43.5 Å². The lowest BCUT2D eigenvalue weighted by atomic mass is 10.2. The predicted octanol–water partition coefficient (Wildman–Crippen LogP) is 3.48. The van der Waals surface area contributed by atoms with E-state index >= 15 is 0 Å². The number of hydrogen-bond acceptors (Lipinski definition) is 4. The largest absolute Gasteiger partial charge is 0.389 e. The molecule has 0 radical (unpaired) electrons. The van der Waals surface area contributed by atoms with Crippen molar-refractivity contribution in [1.82, 2.24) is 14.3 Å². The predicted molar refractivity (Wildman–Crippen MR) is 74.0 cm³/mol. The van der Waals surface area contributed by atoms with Crippen molar-refractivity contribution in [3.8, 4) is 11.4 Å². The number of fused-ring (bicyclic) bond motifs is 1. The number of halogens is 2. The molecule has 3 rings (SSSR count). The van der Waals surface area contributed by atoms with Crippen LogP contribution < -0.4 is 5.73 Å². The topological polar surface area (TPSA) is 67.6 Å². The lowest BCUT2D eigenvalue weighted by Gasteiger charge is -1.94. The highest BCUT2D eigenvalue weighted by Crippen LogP contribution is 2.32. The number of aryl methyl sites for hydroxylation is 1. The molecule has 0 aliphatic carbocycles. The van der Waals surface area contributed by atoms with Gasteiger partial charge >= 0.3 is 0 Å². The van der Waals surface area contributed by atoms with E-state index in [4.69, 9.17) is 5.73 Å². The Morgan fingerprint density at radius 1 is 1.44 bits per heavy atom. The molecule has 0 fully saturated rings. The van der Waals surface area contributed by atoms with Gasteiger partial charge in [0.05, 0.1) is 26.8 Å². The standard InChI is InChI=1S/C11H8BrFN4S/c1-4-9(10(14)18-17-4)11-15-7-2-5(12)6(13)3-8(7)16-11/h2-3H,14H2,1H3,(H,15,16). The molecule has 0 amide bonds. The van der Waals surface area contributed by atoms with E-state index in [0.717, 1.165) is 11.3 Å². The summed E-state index contributed by atoms with van der Waals surface area (Å²) in [6.45, 7) is 1.87. The average Bonchev–Trinajstić information content (AvgIpc) is 2.83. The number of rotatable bonds is 1. The zero-order valence-corrected chi connectivity index (χ0v) is 11.7. The molecule has 0 saturated heterocycles. The maximum Gasteiger partial charge on any atom is 0.143 e. The summed E-state index contributed by atoms with van der Waals surface area (Å²) >= 11 is 4.37. The number of nitrogens with two attached hydrogens (primary N) is 1. The second-order valence-corrected chi connectivity index (χ2v) is 5.54. The van der Waals surface area contributed by atoms with Crippen molar-refractivity contribution in [2.45, 2.75) is 6.92 Å². The number of nitrogens with zero attached hydrogens (tertiary/aromatic N) is 2. The Morgan fingerprint density at radius 2 is 2.22 bits per heavy atom. The molecule has 0 atom stereocenters. The molecule has 0 spiro atoms. The number of imidazole rings is 1. The third-order valence-electron chi connectivity index (χ3n) is 2.65. The molecule has 18 heavy (non-hydrogen) atoms. The molecule has 0 unspecified atom stereocenters. The number of benzene rings is 1. The first-order valence-electron chi connectivity index (χ1n) is 5.13. The SMILES string of the molecule is Cc1nsc(N)c1-c1nc2cc(Br)c(F)cc2[nH]1. The highest BCUT2D eigenvalue weighted by Gasteiger charge is 2.15. The van der Waals surface area contributed by atoms with Gasteiger partial charge in [-0.15, -0.1) is 0 Å². The summed E-state index contributed by atoms with van der Waals surface area (Å²) in [6, 6.07) is 3.04. The van der Waals surface area contributed by atoms with Gasteiger partial charge in [0.25, 0.3) is 0 Å². The van der Waals surface area contributed by atoms with E-state index in [1.54, 1.807) is 6.07 Å². The number of nitrogens with one attached hydrogen (secondary N) is 1. The third kappa shape index (κ3) is 1.70. The molecule has 7 heteroatoms. The molecule has 3 aromatic rings. The first-order chi connectivity index (χ1) is 8.56. The van der Waals surface area contributed by atoms with Crippen molar-refractivity contribution < 1.29 is 4.39 Å². The van der Waals surface area contributed by atoms with E-state index in [2.05, 4.69) is 30.3 Å². The second-order valence-electron chi connectivity index (χ2n) is 3.88. The van der Waals surface area contributed by atoms with Gasteiger partial charge < -0.3 is 10.7 Å². The molecular formula is C11H8BrFN4S. The van der Waals surface area contributed by atoms with Crippen LogP contribution in [0.3, 0.4) is 0 Å². The lowest BCUT2D eigenvalue weighted by Crippen LogP contribution is -1.87. The minimum Gasteiger partial charge on any atom is -0.389 e. The summed E-state index contributed by atoms with van der Waals surface area (Å²) < 4.78 is 18.0. The minimum atomic E-state index is -0.328. The molecule has 1 aromatic carbocycles. The lowest BCUT2D eigenvalue weighted by molar-refractivity contribution is 0.623. The zero-order valence-electron chi connectivity index (χ0n) is 9.29. The fourth-order valence-electron chi connectivity index (χ4n) is 1.80. The van der Waals surface area contributed by atoms with Crippen LogP contribution in [-0.4, -0.2) is 14.3 Å². The molecule has 2 heterocycles. The van der Waals surface area contributed by atoms with Crippen molar-refractivity contribution in [2.75, 3.05) is 5.73 Å². The highest BCUT2D eigenvalue weighted by atomic mass is 79.9. The summed E-state index contributed by atoms with van der Waals surface area (Å²) in [5.74, 6) is 0.289. The van der Waals surface area contributed by atoms with Crippen molar-refractivity contribution in [1.29, 1.82) is 0 Å². The molecule has 2 aromatic heterocycles. The van der Waals surface area contributed by atoms with E-state index in [9.17, 15) is 4.39 Å². The monoisotopic (exact) mass is 326 g/mol. The number of anilines is 1. The molecule has 3 N–H and O–H groups in total. The summed E-state index contributed by atoms with van der Waals surface area (Å²) in [7, 11) is 0. The molecule has 0 aliphatic rings. The van der Waals surface area contributed by atoms with E-state index in [0.29, 0.717) is 26.3 Å². The fourth-order valence-corrected chi connectivity index (χ4v) is 2.79. The van der Waals surface area contributed by atoms with Crippen LogP contribution in [-0.2, 0) is 0 Å². The molecule has 0 aliphatic heterocycles. The first kappa shape index (κ1) is 11.6. The second kappa shape index (κ2) is 4.03. The van der Waals surface area contributed by atoms with Crippen LogP contribution in [0.5, 0.6) is 0 Å². The van der Waals surface area contributed by atoms with Crippen LogP contribution in [0.4, 0.5) is 9.39 Å². The summed E-state index contributed by atoms with van der Waals surface area (Å²) in [6.07, 6.45) is 0. The smallest absolute Gasteiger partial charge is 0.143 e. The molecule has 92 valence electrons. The van der Waals surface area contributed by atoms with Crippen molar-refractivity contribution in [3.05, 3.63) is 28.1 Å². The van der Waals surface area contributed by atoms with Gasteiger partial charge in [-0.05, 0) is 40.5 Å². The van der Waals surface area contributed by atoms with Gasteiger partial charge in [-0.3, -0.25) is 0 Å². The highest BCUT2D eigenvalue weighted by molar-refractivity contribution is 9.10. The molecule has 4 nitrogen and oxygen atoms in total. The van der Waals surface area contributed by atoms with Crippen molar-refractivity contribution in [3.63, 3.8) is 0 Å². The van der Waals surface area contributed by atoms with Gasteiger partial charge in [0.2, 0.25) is 0 Å². The number of nitrogen functional groups attached to an aromatic ring is 1. The van der Waals surface area contributed by atoms with Crippen LogP contribution in [0.2, 0.25) is 0 Å². The van der Waals surface area contributed by atoms with E-state index in [-0.39, 0.29) is 5.82 Å². The van der Waals surface area contributed by atoms with E-state index in [1.165, 1.54) is 17.6 Å². The summed E-state index contributed by atoms with van der Waals surface area (Å²) in [4.78, 5) is 7.48. The summed E-state index contributed by atoms with van der Waals surface area (Å²) in [5.41, 5.74) is 8.79. The molecule has 0 bridgehead atoms. The number of H-pyrrole nitrogens is 1. The number of aromatic amines is 1. The zero-order chi connectivity index (χ0) is 12.9. The van der Waals surface area contributed by atoms with Gasteiger partial charge in [0.1, 0.15) is 16.6 Å². The third-order valence-corrected chi connectivity index (χ3v) is 4.02. The quantitative estimate of drug-likeness (QED) is 0.719. The van der Waals surface area contributed by atoms with Crippen LogP contribution >= 0.6 is 27.5 Å². The number of hydrogen-bond donors (Lipinski definition) is 2. The van der Waals surface area contributed by atoms with Crippen LogP contribution in [0.15, 0.2) is 16.6 Å². The average molecular weight is 327 g/mol. The van der Waals surface area contributed by atoms with E-state index < -0.39 is 0 Å². The maximum absolute atomic E-state index is 13.4. The minimum absolute atomic E-state index is 0.328. The summed E-state index contributed by atoms with van der Waals surface area (Å²) in [5, 5.41) is 0.603. The van der Waals surface area contributed by atoms with Gasteiger partial charge in [-0.1, -0.05) is 0 Å². The Balaban J connectivity index is 2.26. The van der Waals surface area contributed by atoms with Crippen LogP contribution in [0, 0.1) is 12.7 Å². The van der Waals surface area contributed by atoms with Gasteiger partial charge in [0.15, 0.2) is 0 Å². The normalized spacial score (nSPS) is 11.3. The van der Waals surface area contributed by atoms with Gasteiger partial charge in [-0.2, -0.15) is 4.37 Å². The number of aromatic nitrogens is 3. The van der Waals surface area contributed by atoms with Crippen LogP contribution in [0.1, 0.15) is 5.69 Å². The molecule has 0 saturated carbocycles. The molecular weight excluding hydrogens is 319 g/mol. The van der Waals surface area contributed by atoms with Gasteiger partial charge in [-0.25, -0.2) is 9.37 Å². The van der Waals surface area contributed by atoms with E-state index in [1.807, 2.05) is 6.92 Å². The van der Waals surface area contributed by atoms with Crippen molar-refractivity contribution in [2.24, 2.45) is 0 Å². The fraction of sp³-hybridized carbons (Fsp3) is 0.0909. The maximum atomic E-state index is 13.4. The Kier molecular flexibility index (Phi) is 2.60. The Hall–Kier alpha value is -1.47. The Bertz CT molecular complexity index is 690. The van der Waals surface area contributed by atoms with Crippen LogP contribution in [0.25, 0.3) is 22.4 Å². The Morgan fingerprint density at radius 3 is 2.89 bits per heavy atom. The van der Waals surface area contributed by atoms with Gasteiger partial charge in [0, 0.05) is 6.07 Å².